The molecule has 0 bridgehead atoms. The number of rotatable bonds is 3. The molecule has 1 aromatic rings. The molecule has 3 rings (SSSR count). The zero-order valence-corrected chi connectivity index (χ0v) is 12.2. The van der Waals surface area contributed by atoms with Gasteiger partial charge in [0.15, 0.2) is 0 Å². The SMILES string of the molecule is Brc1ccccc1CN1CC(N2CCNCC2)C1. The van der Waals surface area contributed by atoms with Crippen molar-refractivity contribution in [3.63, 3.8) is 0 Å². The van der Waals surface area contributed by atoms with Crippen LogP contribution in [0.3, 0.4) is 0 Å². The van der Waals surface area contributed by atoms with Crippen molar-refractivity contribution in [1.29, 1.82) is 0 Å². The maximum Gasteiger partial charge on any atom is 0.0351 e. The van der Waals surface area contributed by atoms with Crippen LogP contribution in [0, 0.1) is 0 Å². The molecule has 4 heteroatoms. The van der Waals surface area contributed by atoms with Gasteiger partial charge in [0.1, 0.15) is 0 Å². The van der Waals surface area contributed by atoms with E-state index in [1.165, 1.54) is 36.2 Å². The van der Waals surface area contributed by atoms with Crippen LogP contribution in [-0.2, 0) is 6.54 Å². The van der Waals surface area contributed by atoms with Gasteiger partial charge in [-0.05, 0) is 11.6 Å². The van der Waals surface area contributed by atoms with Gasteiger partial charge in [-0.25, -0.2) is 0 Å². The summed E-state index contributed by atoms with van der Waals surface area (Å²) in [4.78, 5) is 5.17. The highest BCUT2D eigenvalue weighted by atomic mass is 79.9. The molecule has 98 valence electrons. The number of nitrogens with zero attached hydrogens (tertiary/aromatic N) is 2. The molecule has 0 unspecified atom stereocenters. The maximum atomic E-state index is 3.62. The minimum atomic E-state index is 0.787. The second-order valence-electron chi connectivity index (χ2n) is 5.23. The topological polar surface area (TPSA) is 18.5 Å². The normalized spacial score (nSPS) is 22.9. The van der Waals surface area contributed by atoms with Crippen LogP contribution in [0.2, 0.25) is 0 Å². The molecule has 1 aromatic carbocycles. The van der Waals surface area contributed by atoms with Gasteiger partial charge in [-0.1, -0.05) is 34.1 Å². The highest BCUT2D eigenvalue weighted by molar-refractivity contribution is 9.10. The van der Waals surface area contributed by atoms with E-state index in [1.807, 2.05) is 0 Å². The van der Waals surface area contributed by atoms with Gasteiger partial charge in [0.05, 0.1) is 0 Å². The molecule has 3 nitrogen and oxygen atoms in total. The molecular weight excluding hydrogens is 290 g/mol. The molecule has 0 saturated carbocycles. The van der Waals surface area contributed by atoms with E-state index in [0.29, 0.717) is 0 Å². The number of piperazine rings is 1. The number of hydrogen-bond acceptors (Lipinski definition) is 3. The Morgan fingerprint density at radius 2 is 1.89 bits per heavy atom. The van der Waals surface area contributed by atoms with Crippen molar-refractivity contribution < 1.29 is 0 Å². The van der Waals surface area contributed by atoms with Crippen LogP contribution in [-0.4, -0.2) is 55.1 Å². The summed E-state index contributed by atoms with van der Waals surface area (Å²) in [5, 5.41) is 3.41. The van der Waals surface area contributed by atoms with Crippen molar-refractivity contribution in [1.82, 2.24) is 15.1 Å². The minimum Gasteiger partial charge on any atom is -0.314 e. The number of nitrogens with one attached hydrogen (secondary N) is 1. The molecule has 1 N–H and O–H groups in total. The summed E-state index contributed by atoms with van der Waals surface area (Å²) in [7, 11) is 0. The first-order valence-corrected chi connectivity index (χ1v) is 7.53. The molecule has 18 heavy (non-hydrogen) atoms. The third kappa shape index (κ3) is 2.77. The standard InChI is InChI=1S/C14H20BrN3/c15-14-4-2-1-3-12(14)9-17-10-13(11-17)18-7-5-16-6-8-18/h1-4,13,16H,5-11H2. The van der Waals surface area contributed by atoms with Crippen molar-refractivity contribution in [3.8, 4) is 0 Å². The van der Waals surface area contributed by atoms with Gasteiger partial charge in [-0.2, -0.15) is 0 Å². The van der Waals surface area contributed by atoms with E-state index in [-0.39, 0.29) is 0 Å². The Kier molecular flexibility index (Phi) is 3.99. The largest absolute Gasteiger partial charge is 0.314 e. The molecule has 0 atom stereocenters. The average Bonchev–Trinajstić information content (AvgIpc) is 2.36. The van der Waals surface area contributed by atoms with E-state index in [9.17, 15) is 0 Å². The maximum absolute atomic E-state index is 3.62. The van der Waals surface area contributed by atoms with Gasteiger partial charge in [0.2, 0.25) is 0 Å². The Morgan fingerprint density at radius 3 is 2.61 bits per heavy atom. The van der Waals surface area contributed by atoms with Crippen LogP contribution in [0.4, 0.5) is 0 Å². The zero-order chi connectivity index (χ0) is 12.4. The lowest BCUT2D eigenvalue weighted by Crippen LogP contribution is -2.62. The lowest BCUT2D eigenvalue weighted by atomic mass is 10.0. The van der Waals surface area contributed by atoms with Gasteiger partial charge in [-0.3, -0.25) is 9.80 Å². The second kappa shape index (κ2) is 5.70. The summed E-state index contributed by atoms with van der Waals surface area (Å²) in [5.74, 6) is 0. The number of benzene rings is 1. The van der Waals surface area contributed by atoms with Crippen LogP contribution < -0.4 is 5.32 Å². The van der Waals surface area contributed by atoms with Crippen molar-refractivity contribution in [2.45, 2.75) is 12.6 Å². The molecule has 0 aliphatic carbocycles. The molecule has 0 aromatic heterocycles. The van der Waals surface area contributed by atoms with E-state index in [4.69, 9.17) is 0 Å². The first-order valence-electron chi connectivity index (χ1n) is 6.73. The first kappa shape index (κ1) is 12.6. The Labute approximate surface area is 117 Å². The highest BCUT2D eigenvalue weighted by Gasteiger charge is 2.32. The summed E-state index contributed by atoms with van der Waals surface area (Å²) < 4.78 is 1.23. The van der Waals surface area contributed by atoms with Crippen molar-refractivity contribution in [2.24, 2.45) is 0 Å². The predicted molar refractivity (Wildman–Crippen MR) is 77.6 cm³/mol. The van der Waals surface area contributed by atoms with Crippen LogP contribution in [0.15, 0.2) is 28.7 Å². The smallest absolute Gasteiger partial charge is 0.0351 e. The second-order valence-corrected chi connectivity index (χ2v) is 6.08. The Balaban J connectivity index is 1.49. The van der Waals surface area contributed by atoms with E-state index in [1.54, 1.807) is 0 Å². The predicted octanol–water partition coefficient (Wildman–Crippen LogP) is 1.54. The van der Waals surface area contributed by atoms with Crippen LogP contribution in [0.25, 0.3) is 0 Å². The van der Waals surface area contributed by atoms with Gasteiger partial charge in [0.25, 0.3) is 0 Å². The Morgan fingerprint density at radius 1 is 1.17 bits per heavy atom. The van der Waals surface area contributed by atoms with E-state index >= 15 is 0 Å². The van der Waals surface area contributed by atoms with Crippen LogP contribution >= 0.6 is 15.9 Å². The molecule has 2 aliphatic rings. The van der Waals surface area contributed by atoms with Crippen molar-refractivity contribution >= 4 is 15.9 Å². The van der Waals surface area contributed by atoms with E-state index in [2.05, 4.69) is 55.3 Å². The fraction of sp³-hybridized carbons (Fsp3) is 0.571. The summed E-state index contributed by atoms with van der Waals surface area (Å²) in [6.45, 7) is 8.26. The van der Waals surface area contributed by atoms with Crippen LogP contribution in [0.1, 0.15) is 5.56 Å². The number of likely N-dealkylation sites (tertiary alicyclic amines) is 1. The van der Waals surface area contributed by atoms with E-state index < -0.39 is 0 Å². The van der Waals surface area contributed by atoms with E-state index in [0.717, 1.165) is 25.7 Å². The first-order chi connectivity index (χ1) is 8.83. The lowest BCUT2D eigenvalue weighted by molar-refractivity contribution is 0.0222. The van der Waals surface area contributed by atoms with Gasteiger partial charge < -0.3 is 5.32 Å². The quantitative estimate of drug-likeness (QED) is 0.914. The summed E-state index contributed by atoms with van der Waals surface area (Å²) in [6.07, 6.45) is 0. The molecule has 0 radical (unpaired) electrons. The molecule has 0 amide bonds. The third-order valence-corrected chi connectivity index (χ3v) is 4.73. The number of halogens is 1. The lowest BCUT2D eigenvalue weighted by Gasteiger charge is -2.47. The molecule has 2 fully saturated rings. The summed E-state index contributed by atoms with van der Waals surface area (Å²) in [5.41, 5.74) is 1.40. The van der Waals surface area contributed by atoms with Crippen LogP contribution in [0.5, 0.6) is 0 Å². The Bertz CT molecular complexity index is 398. The average molecular weight is 310 g/mol. The van der Waals surface area contributed by atoms with Crippen molar-refractivity contribution in [3.05, 3.63) is 34.3 Å². The van der Waals surface area contributed by atoms with Gasteiger partial charge >= 0.3 is 0 Å². The summed E-state index contributed by atoms with van der Waals surface area (Å²) >= 11 is 3.62. The zero-order valence-electron chi connectivity index (χ0n) is 10.6. The van der Waals surface area contributed by atoms with Gasteiger partial charge in [-0.15, -0.1) is 0 Å². The minimum absolute atomic E-state index is 0.787. The monoisotopic (exact) mass is 309 g/mol. The van der Waals surface area contributed by atoms with Gasteiger partial charge in [0, 0.05) is 56.3 Å². The fourth-order valence-corrected chi connectivity index (χ4v) is 3.23. The molecule has 2 heterocycles. The molecule has 2 saturated heterocycles. The Hall–Kier alpha value is -0.420. The molecule has 0 spiro atoms. The van der Waals surface area contributed by atoms with Crippen molar-refractivity contribution in [2.75, 3.05) is 39.3 Å². The summed E-state index contributed by atoms with van der Waals surface area (Å²) in [6, 6.07) is 9.32. The fourth-order valence-electron chi connectivity index (χ4n) is 2.82. The molecular formula is C14H20BrN3. The number of hydrogen-bond donors (Lipinski definition) is 1. The third-order valence-electron chi connectivity index (χ3n) is 3.96. The molecule has 2 aliphatic heterocycles. The highest BCUT2D eigenvalue weighted by Crippen LogP contribution is 2.22.